The van der Waals surface area contributed by atoms with Gasteiger partial charge in [0, 0.05) is 49.1 Å². The van der Waals surface area contributed by atoms with Crippen molar-refractivity contribution in [3.8, 4) is 11.3 Å². The van der Waals surface area contributed by atoms with E-state index in [1.807, 2.05) is 23.9 Å². The van der Waals surface area contributed by atoms with Gasteiger partial charge in [0.2, 0.25) is 0 Å². The molecule has 0 atom stereocenters. The van der Waals surface area contributed by atoms with Crippen molar-refractivity contribution in [2.45, 2.75) is 27.3 Å². The van der Waals surface area contributed by atoms with E-state index in [1.165, 1.54) is 0 Å². The molecule has 1 saturated heterocycles. The van der Waals surface area contributed by atoms with Crippen LogP contribution in [0.25, 0.3) is 16.9 Å². The molecule has 1 fully saturated rings. The first-order chi connectivity index (χ1) is 12.9. The molecule has 0 unspecified atom stereocenters. The van der Waals surface area contributed by atoms with E-state index in [9.17, 15) is 4.79 Å². The number of hydrogen-bond donors (Lipinski definition) is 0. The van der Waals surface area contributed by atoms with E-state index < -0.39 is 0 Å². The van der Waals surface area contributed by atoms with Crippen molar-refractivity contribution >= 4 is 11.6 Å². The summed E-state index contributed by atoms with van der Waals surface area (Å²) in [4.78, 5) is 18.9. The maximum atomic E-state index is 12.9. The van der Waals surface area contributed by atoms with Crippen LogP contribution in [0.1, 0.15) is 30.0 Å². The van der Waals surface area contributed by atoms with Crippen LogP contribution in [0.15, 0.2) is 24.5 Å². The summed E-state index contributed by atoms with van der Waals surface area (Å²) >= 11 is 0. The van der Waals surface area contributed by atoms with Gasteiger partial charge in [0.25, 0.3) is 5.91 Å². The predicted octanol–water partition coefficient (Wildman–Crippen LogP) is 2.03. The molecule has 1 aliphatic heterocycles. The number of nitrogens with zero attached hydrogens (tertiary/aromatic N) is 6. The van der Waals surface area contributed by atoms with Gasteiger partial charge in [0.1, 0.15) is 0 Å². The van der Waals surface area contributed by atoms with Crippen LogP contribution in [-0.4, -0.2) is 62.0 Å². The van der Waals surface area contributed by atoms with Gasteiger partial charge in [-0.1, -0.05) is 6.92 Å². The van der Waals surface area contributed by atoms with Crippen LogP contribution in [0.2, 0.25) is 0 Å². The Kier molecular flexibility index (Phi) is 4.22. The van der Waals surface area contributed by atoms with Crippen LogP contribution >= 0.6 is 0 Å². The third-order valence-corrected chi connectivity index (χ3v) is 5.12. The molecular formula is C19H24N6O2. The molecule has 0 N–H and O–H groups in total. The van der Waals surface area contributed by atoms with Crippen molar-refractivity contribution < 1.29 is 9.53 Å². The molecule has 3 aromatic rings. The Morgan fingerprint density at radius 1 is 1.41 bits per heavy atom. The van der Waals surface area contributed by atoms with Gasteiger partial charge in [-0.05, 0) is 19.9 Å². The number of amides is 1. The molecule has 27 heavy (non-hydrogen) atoms. The van der Waals surface area contributed by atoms with E-state index in [4.69, 9.17) is 4.74 Å². The molecule has 4 heterocycles. The predicted molar refractivity (Wildman–Crippen MR) is 101 cm³/mol. The van der Waals surface area contributed by atoms with Crippen LogP contribution < -0.4 is 0 Å². The summed E-state index contributed by atoms with van der Waals surface area (Å²) < 4.78 is 8.94. The van der Waals surface area contributed by atoms with Gasteiger partial charge in [-0.3, -0.25) is 9.48 Å². The zero-order chi connectivity index (χ0) is 19.2. The first kappa shape index (κ1) is 17.7. The Labute approximate surface area is 157 Å². The summed E-state index contributed by atoms with van der Waals surface area (Å²) in [7, 11) is 1.81. The van der Waals surface area contributed by atoms with Gasteiger partial charge in [0.05, 0.1) is 25.1 Å². The minimum absolute atomic E-state index is 0.0266. The number of aryl methyl sites for hydroxylation is 1. The van der Waals surface area contributed by atoms with Gasteiger partial charge in [0.15, 0.2) is 11.3 Å². The van der Waals surface area contributed by atoms with Crippen molar-refractivity contribution in [2.75, 3.05) is 26.8 Å². The Morgan fingerprint density at radius 2 is 2.19 bits per heavy atom. The topological polar surface area (TPSA) is 77.5 Å². The maximum Gasteiger partial charge on any atom is 0.274 e. The lowest BCUT2D eigenvalue weighted by molar-refractivity contribution is -0.109. The third-order valence-electron chi connectivity index (χ3n) is 5.12. The highest BCUT2D eigenvalue weighted by atomic mass is 16.5. The Morgan fingerprint density at radius 3 is 2.81 bits per heavy atom. The molecule has 3 aromatic heterocycles. The molecule has 0 radical (unpaired) electrons. The molecule has 1 aliphatic rings. The number of aromatic nitrogens is 5. The zero-order valence-corrected chi connectivity index (χ0v) is 16.1. The maximum absolute atomic E-state index is 12.9. The van der Waals surface area contributed by atoms with Gasteiger partial charge in [-0.2, -0.15) is 10.2 Å². The van der Waals surface area contributed by atoms with Crippen molar-refractivity contribution in [1.82, 2.24) is 29.3 Å². The first-order valence-electron chi connectivity index (χ1n) is 9.12. The van der Waals surface area contributed by atoms with Crippen molar-refractivity contribution in [3.05, 3.63) is 35.9 Å². The Bertz CT molecular complexity index is 1000. The quantitative estimate of drug-likeness (QED) is 0.689. The molecule has 0 spiro atoms. The fraction of sp³-hybridized carbons (Fsp3) is 0.474. The highest BCUT2D eigenvalue weighted by Gasteiger charge is 2.36. The van der Waals surface area contributed by atoms with E-state index >= 15 is 0 Å². The average Bonchev–Trinajstić information content (AvgIpc) is 3.22. The monoisotopic (exact) mass is 368 g/mol. The van der Waals surface area contributed by atoms with Crippen molar-refractivity contribution in [1.29, 1.82) is 0 Å². The number of rotatable bonds is 5. The molecule has 0 saturated carbocycles. The lowest BCUT2D eigenvalue weighted by atomic mass is 9.88. The Hall–Kier alpha value is -2.74. The molecule has 0 bridgehead atoms. The molecule has 0 aliphatic carbocycles. The van der Waals surface area contributed by atoms with E-state index in [-0.39, 0.29) is 11.3 Å². The second kappa shape index (κ2) is 6.45. The summed E-state index contributed by atoms with van der Waals surface area (Å²) in [6, 6.07) is 3.64. The SMILES string of the molecule is CCn1ncc(-c2ccnc3cc(C(=O)N(C)CC4(C)COC4)nn23)c1C. The lowest BCUT2D eigenvalue weighted by Gasteiger charge is -2.40. The summed E-state index contributed by atoms with van der Waals surface area (Å²) in [6.45, 7) is 9.02. The molecule has 1 amide bonds. The van der Waals surface area contributed by atoms with Gasteiger partial charge in [-0.25, -0.2) is 9.50 Å². The minimum Gasteiger partial charge on any atom is -0.380 e. The van der Waals surface area contributed by atoms with Gasteiger partial charge in [-0.15, -0.1) is 0 Å². The molecule has 8 heteroatoms. The lowest BCUT2D eigenvalue weighted by Crippen LogP contribution is -2.49. The molecule has 0 aromatic carbocycles. The minimum atomic E-state index is -0.111. The number of fused-ring (bicyclic) bond motifs is 1. The first-order valence-corrected chi connectivity index (χ1v) is 9.12. The molecule has 142 valence electrons. The van der Waals surface area contributed by atoms with Crippen molar-refractivity contribution in [3.63, 3.8) is 0 Å². The van der Waals surface area contributed by atoms with E-state index in [1.54, 1.807) is 28.7 Å². The number of carbonyl (C=O) groups is 1. The van der Waals surface area contributed by atoms with Crippen molar-refractivity contribution in [2.24, 2.45) is 5.41 Å². The Balaban J connectivity index is 1.68. The zero-order valence-electron chi connectivity index (χ0n) is 16.1. The summed E-state index contributed by atoms with van der Waals surface area (Å²) in [6.07, 6.45) is 3.57. The van der Waals surface area contributed by atoms with Gasteiger partial charge < -0.3 is 9.64 Å². The smallest absolute Gasteiger partial charge is 0.274 e. The number of carbonyl (C=O) groups excluding carboxylic acids is 1. The molecule has 4 rings (SSSR count). The van der Waals surface area contributed by atoms with Gasteiger partial charge >= 0.3 is 0 Å². The van der Waals surface area contributed by atoms with Crippen LogP contribution in [0.3, 0.4) is 0 Å². The van der Waals surface area contributed by atoms with Crippen LogP contribution in [0.4, 0.5) is 0 Å². The van der Waals surface area contributed by atoms with E-state index in [2.05, 4.69) is 29.0 Å². The fourth-order valence-electron chi connectivity index (χ4n) is 3.60. The largest absolute Gasteiger partial charge is 0.380 e. The highest BCUT2D eigenvalue weighted by Crippen LogP contribution is 2.28. The van der Waals surface area contributed by atoms with Crippen LogP contribution in [-0.2, 0) is 11.3 Å². The second-order valence-electron chi connectivity index (χ2n) is 7.55. The van der Waals surface area contributed by atoms with E-state index in [0.717, 1.165) is 23.5 Å². The molecule has 8 nitrogen and oxygen atoms in total. The summed E-state index contributed by atoms with van der Waals surface area (Å²) in [5.74, 6) is -0.111. The third kappa shape index (κ3) is 2.99. The molecular weight excluding hydrogens is 344 g/mol. The van der Waals surface area contributed by atoms with Crippen LogP contribution in [0, 0.1) is 12.3 Å². The van der Waals surface area contributed by atoms with E-state index in [0.29, 0.717) is 31.1 Å². The number of ether oxygens (including phenoxy) is 1. The normalized spacial score (nSPS) is 15.7. The fourth-order valence-corrected chi connectivity index (χ4v) is 3.60. The number of hydrogen-bond acceptors (Lipinski definition) is 5. The standard InChI is InChI=1S/C19H24N6O2/c1-5-24-13(2)14(9-21-24)16-6-7-20-17-8-15(22-25(16)17)18(26)23(4)10-19(3)11-27-12-19/h6-9H,5,10-12H2,1-4H3. The second-order valence-corrected chi connectivity index (χ2v) is 7.55. The summed E-state index contributed by atoms with van der Waals surface area (Å²) in [5, 5.41) is 8.97. The average molecular weight is 368 g/mol. The summed E-state index contributed by atoms with van der Waals surface area (Å²) in [5.41, 5.74) is 3.98. The van der Waals surface area contributed by atoms with Crippen LogP contribution in [0.5, 0.6) is 0 Å². The highest BCUT2D eigenvalue weighted by molar-refractivity contribution is 5.93.